The van der Waals surface area contributed by atoms with Crippen molar-refractivity contribution in [1.82, 2.24) is 0 Å². The van der Waals surface area contributed by atoms with Crippen molar-refractivity contribution in [3.63, 3.8) is 0 Å². The molecule has 32 heavy (non-hydrogen) atoms. The first kappa shape index (κ1) is 28.1. The minimum atomic E-state index is -0.362. The van der Waals surface area contributed by atoms with Gasteiger partial charge in [0.05, 0.1) is 6.61 Å². The lowest BCUT2D eigenvalue weighted by Crippen LogP contribution is -2.09. The SMILES string of the molecule is CCCCCCCCCCCCCCCOC(=O)CCCC(=O)OCc1ccc(F)cc1. The number of rotatable bonds is 20. The predicted molar refractivity (Wildman–Crippen MR) is 127 cm³/mol. The summed E-state index contributed by atoms with van der Waals surface area (Å²) in [5.74, 6) is -0.939. The monoisotopic (exact) mass is 450 g/mol. The molecule has 0 heterocycles. The van der Waals surface area contributed by atoms with Gasteiger partial charge in [0, 0.05) is 12.8 Å². The molecule has 0 aliphatic rings. The highest BCUT2D eigenvalue weighted by Gasteiger charge is 2.08. The van der Waals surface area contributed by atoms with Crippen molar-refractivity contribution in [3.05, 3.63) is 35.6 Å². The Kier molecular flexibility index (Phi) is 17.4. The summed E-state index contributed by atoms with van der Waals surface area (Å²) in [6, 6.07) is 5.82. The zero-order valence-corrected chi connectivity index (χ0v) is 20.0. The summed E-state index contributed by atoms with van der Waals surface area (Å²) in [6.07, 6.45) is 17.6. The molecule has 0 aliphatic heterocycles. The molecule has 0 atom stereocenters. The second-order valence-electron chi connectivity index (χ2n) is 8.60. The van der Waals surface area contributed by atoms with E-state index in [1.807, 2.05) is 0 Å². The Bertz CT molecular complexity index is 600. The van der Waals surface area contributed by atoms with E-state index in [1.165, 1.54) is 82.8 Å². The molecule has 0 unspecified atom stereocenters. The van der Waals surface area contributed by atoms with Crippen molar-refractivity contribution in [2.24, 2.45) is 0 Å². The molecular formula is C27H43FO4. The van der Waals surface area contributed by atoms with Crippen LogP contribution in [0.4, 0.5) is 4.39 Å². The molecule has 0 amide bonds. The highest BCUT2D eigenvalue weighted by molar-refractivity contribution is 5.72. The maximum atomic E-state index is 12.8. The Morgan fingerprint density at radius 3 is 1.66 bits per heavy atom. The Morgan fingerprint density at radius 1 is 0.656 bits per heavy atom. The number of carbonyl (C=O) groups excluding carboxylic acids is 2. The van der Waals surface area contributed by atoms with Gasteiger partial charge in [-0.05, 0) is 30.5 Å². The lowest BCUT2D eigenvalue weighted by atomic mass is 10.0. The molecule has 0 spiro atoms. The molecule has 0 aliphatic carbocycles. The number of carbonyl (C=O) groups is 2. The van der Waals surface area contributed by atoms with Crippen LogP contribution >= 0.6 is 0 Å². The number of halogens is 1. The number of esters is 2. The first-order valence-corrected chi connectivity index (χ1v) is 12.7. The van der Waals surface area contributed by atoms with Crippen molar-refractivity contribution < 1.29 is 23.5 Å². The highest BCUT2D eigenvalue weighted by Crippen LogP contribution is 2.12. The van der Waals surface area contributed by atoms with Gasteiger partial charge in [-0.3, -0.25) is 9.59 Å². The van der Waals surface area contributed by atoms with Crippen LogP contribution in [0.25, 0.3) is 0 Å². The van der Waals surface area contributed by atoms with Crippen molar-refractivity contribution >= 4 is 11.9 Å². The fourth-order valence-corrected chi connectivity index (χ4v) is 3.57. The Balaban J connectivity index is 1.84. The third kappa shape index (κ3) is 16.7. The summed E-state index contributed by atoms with van der Waals surface area (Å²) in [4.78, 5) is 23.5. The second kappa shape index (κ2) is 19.8. The van der Waals surface area contributed by atoms with E-state index in [1.54, 1.807) is 12.1 Å². The number of hydrogen-bond acceptors (Lipinski definition) is 4. The number of unbranched alkanes of at least 4 members (excludes halogenated alkanes) is 12. The molecule has 0 bridgehead atoms. The normalized spacial score (nSPS) is 10.8. The zero-order valence-electron chi connectivity index (χ0n) is 20.0. The topological polar surface area (TPSA) is 52.6 Å². The molecule has 1 aromatic rings. The molecule has 0 N–H and O–H groups in total. The van der Waals surface area contributed by atoms with Crippen LogP contribution < -0.4 is 0 Å². The average molecular weight is 451 g/mol. The van der Waals surface area contributed by atoms with E-state index in [2.05, 4.69) is 6.92 Å². The fraction of sp³-hybridized carbons (Fsp3) is 0.704. The molecule has 182 valence electrons. The number of hydrogen-bond donors (Lipinski definition) is 0. The smallest absolute Gasteiger partial charge is 0.306 e. The van der Waals surface area contributed by atoms with E-state index in [9.17, 15) is 14.0 Å². The van der Waals surface area contributed by atoms with Crippen molar-refractivity contribution in [2.75, 3.05) is 6.61 Å². The number of ether oxygens (including phenoxy) is 2. The molecular weight excluding hydrogens is 407 g/mol. The van der Waals surface area contributed by atoms with E-state index in [0.29, 0.717) is 13.0 Å². The van der Waals surface area contributed by atoms with E-state index in [-0.39, 0.29) is 37.2 Å². The molecule has 0 fully saturated rings. The third-order valence-corrected chi connectivity index (χ3v) is 5.59. The Hall–Kier alpha value is -1.91. The quantitative estimate of drug-likeness (QED) is 0.151. The van der Waals surface area contributed by atoms with Crippen LogP contribution in [-0.2, 0) is 25.7 Å². The van der Waals surface area contributed by atoms with Crippen LogP contribution in [0, 0.1) is 5.82 Å². The maximum Gasteiger partial charge on any atom is 0.306 e. The summed E-state index contributed by atoms with van der Waals surface area (Å²) < 4.78 is 23.2. The van der Waals surface area contributed by atoms with Gasteiger partial charge in [-0.25, -0.2) is 4.39 Å². The predicted octanol–water partition coefficient (Wildman–Crippen LogP) is 7.67. The first-order chi connectivity index (χ1) is 15.6. The van der Waals surface area contributed by atoms with Gasteiger partial charge >= 0.3 is 11.9 Å². The molecule has 0 radical (unpaired) electrons. The van der Waals surface area contributed by atoms with E-state index < -0.39 is 0 Å². The molecule has 1 aromatic carbocycles. The van der Waals surface area contributed by atoms with E-state index in [4.69, 9.17) is 9.47 Å². The Morgan fingerprint density at radius 2 is 1.12 bits per heavy atom. The average Bonchev–Trinajstić information content (AvgIpc) is 2.79. The van der Waals surface area contributed by atoms with Gasteiger partial charge in [0.25, 0.3) is 0 Å². The van der Waals surface area contributed by atoms with Crippen molar-refractivity contribution in [2.45, 2.75) is 116 Å². The highest BCUT2D eigenvalue weighted by atomic mass is 19.1. The molecule has 1 rings (SSSR count). The number of benzene rings is 1. The lowest BCUT2D eigenvalue weighted by Gasteiger charge is -2.06. The van der Waals surface area contributed by atoms with Gasteiger partial charge < -0.3 is 9.47 Å². The largest absolute Gasteiger partial charge is 0.466 e. The molecule has 4 nitrogen and oxygen atoms in total. The van der Waals surface area contributed by atoms with Gasteiger partial charge in [-0.1, -0.05) is 96.1 Å². The van der Waals surface area contributed by atoms with E-state index >= 15 is 0 Å². The summed E-state index contributed by atoms with van der Waals surface area (Å²) in [7, 11) is 0. The van der Waals surface area contributed by atoms with Crippen molar-refractivity contribution in [1.29, 1.82) is 0 Å². The molecule has 0 saturated carbocycles. The third-order valence-electron chi connectivity index (χ3n) is 5.59. The summed E-state index contributed by atoms with van der Waals surface area (Å²) in [5, 5.41) is 0. The van der Waals surface area contributed by atoms with Gasteiger partial charge in [0.1, 0.15) is 12.4 Å². The minimum absolute atomic E-state index is 0.114. The van der Waals surface area contributed by atoms with Gasteiger partial charge in [-0.15, -0.1) is 0 Å². The van der Waals surface area contributed by atoms with Gasteiger partial charge in [0.2, 0.25) is 0 Å². The van der Waals surface area contributed by atoms with Crippen LogP contribution in [0.2, 0.25) is 0 Å². The second-order valence-corrected chi connectivity index (χ2v) is 8.60. The Labute approximate surface area is 194 Å². The zero-order chi connectivity index (χ0) is 23.3. The molecule has 5 heteroatoms. The van der Waals surface area contributed by atoms with Crippen LogP contribution in [-0.4, -0.2) is 18.5 Å². The molecule has 0 aromatic heterocycles. The minimum Gasteiger partial charge on any atom is -0.466 e. The van der Waals surface area contributed by atoms with E-state index in [0.717, 1.165) is 18.4 Å². The fourth-order valence-electron chi connectivity index (χ4n) is 3.57. The van der Waals surface area contributed by atoms with Gasteiger partial charge in [0.15, 0.2) is 0 Å². The van der Waals surface area contributed by atoms with Crippen LogP contribution in [0.15, 0.2) is 24.3 Å². The maximum absolute atomic E-state index is 12.8. The standard InChI is InChI=1S/C27H43FO4/c1-2-3-4-5-6-7-8-9-10-11-12-13-14-22-31-26(29)16-15-17-27(30)32-23-24-18-20-25(28)21-19-24/h18-21H,2-17,22-23H2,1H3. The first-order valence-electron chi connectivity index (χ1n) is 12.7. The lowest BCUT2D eigenvalue weighted by molar-refractivity contribution is -0.146. The van der Waals surface area contributed by atoms with Crippen molar-refractivity contribution in [3.8, 4) is 0 Å². The van der Waals surface area contributed by atoms with Crippen LogP contribution in [0.1, 0.15) is 115 Å². The van der Waals surface area contributed by atoms with Gasteiger partial charge in [-0.2, -0.15) is 0 Å². The summed E-state index contributed by atoms with van der Waals surface area (Å²) in [6.45, 7) is 2.83. The summed E-state index contributed by atoms with van der Waals surface area (Å²) in [5.41, 5.74) is 0.733. The van der Waals surface area contributed by atoms with Crippen LogP contribution in [0.5, 0.6) is 0 Å². The summed E-state index contributed by atoms with van der Waals surface area (Å²) >= 11 is 0. The van der Waals surface area contributed by atoms with Crippen LogP contribution in [0.3, 0.4) is 0 Å². The molecule has 0 saturated heterocycles.